The minimum Gasteiger partial charge on any atom is -0.497 e. The molecule has 3 heterocycles. The largest absolute Gasteiger partial charge is 0.497 e. The molecule has 0 atom stereocenters. The maximum Gasteiger partial charge on any atom is 0.303 e. The lowest BCUT2D eigenvalue weighted by Gasteiger charge is -2.06. The van der Waals surface area contributed by atoms with E-state index in [2.05, 4.69) is 25.3 Å². The number of nitrogens with zero attached hydrogens (tertiary/aromatic N) is 5. The number of hydrogen-bond acceptors (Lipinski definition) is 6. The molecule has 132 valence electrons. The number of hydrogen-bond donors (Lipinski definition) is 2. The number of methoxy groups -OCH3 is 1. The second-order valence-electron chi connectivity index (χ2n) is 5.82. The highest BCUT2D eigenvalue weighted by atomic mass is 16.5. The Kier molecular flexibility index (Phi) is 3.96. The van der Waals surface area contributed by atoms with E-state index in [1.54, 1.807) is 17.8 Å². The second kappa shape index (κ2) is 6.43. The highest BCUT2D eigenvalue weighted by Gasteiger charge is 2.19. The van der Waals surface area contributed by atoms with Crippen LogP contribution < -0.4 is 4.74 Å². The molecule has 26 heavy (non-hydrogen) atoms. The van der Waals surface area contributed by atoms with Crippen molar-refractivity contribution in [1.29, 1.82) is 0 Å². The Morgan fingerprint density at radius 3 is 2.81 bits per heavy atom. The molecule has 2 aromatic rings. The lowest BCUT2D eigenvalue weighted by molar-refractivity contribution is -0.137. The number of aryl methyl sites for hydroxylation is 1. The zero-order chi connectivity index (χ0) is 18.1. The van der Waals surface area contributed by atoms with Crippen LogP contribution in [0.3, 0.4) is 0 Å². The average Bonchev–Trinajstić information content (AvgIpc) is 3.28. The fourth-order valence-electron chi connectivity index (χ4n) is 2.82. The van der Waals surface area contributed by atoms with Crippen LogP contribution >= 0.6 is 0 Å². The van der Waals surface area contributed by atoms with Crippen LogP contribution in [0.5, 0.6) is 5.75 Å². The summed E-state index contributed by atoms with van der Waals surface area (Å²) in [7, 11) is 1.62. The molecule has 0 spiro atoms. The molecular formula is C17H16N6O3. The minimum atomic E-state index is -0.830. The first-order valence-electron chi connectivity index (χ1n) is 8.10. The van der Waals surface area contributed by atoms with Crippen LogP contribution in [0.1, 0.15) is 18.7 Å². The number of aromatic nitrogens is 6. The van der Waals surface area contributed by atoms with Crippen LogP contribution in [0.25, 0.3) is 28.4 Å². The number of carbonyl (C=O) groups is 1. The van der Waals surface area contributed by atoms with Gasteiger partial charge in [-0.05, 0) is 30.7 Å². The summed E-state index contributed by atoms with van der Waals surface area (Å²) in [6, 6.07) is 7.54. The Labute approximate surface area is 148 Å². The van der Waals surface area contributed by atoms with Gasteiger partial charge >= 0.3 is 5.97 Å². The number of nitrogens with one attached hydrogen (secondary N) is 1. The number of ether oxygens (including phenoxy) is 1. The van der Waals surface area contributed by atoms with Gasteiger partial charge in [-0.1, -0.05) is 0 Å². The summed E-state index contributed by atoms with van der Waals surface area (Å²) in [6.07, 6.45) is 2.66. The number of aromatic amines is 1. The van der Waals surface area contributed by atoms with Crippen molar-refractivity contribution in [2.24, 2.45) is 0 Å². The van der Waals surface area contributed by atoms with E-state index in [4.69, 9.17) is 9.84 Å². The van der Waals surface area contributed by atoms with Gasteiger partial charge < -0.3 is 9.84 Å². The summed E-state index contributed by atoms with van der Waals surface area (Å²) in [5.74, 6) is 1.77. The number of carboxylic acids is 1. The molecule has 4 rings (SSSR count). The summed E-state index contributed by atoms with van der Waals surface area (Å²) < 4.78 is 6.95. The highest BCUT2D eigenvalue weighted by molar-refractivity contribution is 5.75. The number of benzene rings is 1. The first-order valence-corrected chi connectivity index (χ1v) is 8.10. The molecule has 0 aliphatic carbocycles. The molecule has 0 unspecified atom stereocenters. The molecule has 1 aromatic heterocycles. The Morgan fingerprint density at radius 2 is 2.08 bits per heavy atom. The fourth-order valence-corrected chi connectivity index (χ4v) is 2.82. The fraction of sp³-hybridized carbons (Fsp3) is 0.235. The molecule has 0 amide bonds. The lowest BCUT2D eigenvalue weighted by Crippen LogP contribution is -2.07. The molecule has 9 nitrogen and oxygen atoms in total. The van der Waals surface area contributed by atoms with Crippen molar-refractivity contribution in [2.75, 3.05) is 7.11 Å². The van der Waals surface area contributed by atoms with Crippen molar-refractivity contribution < 1.29 is 14.6 Å². The van der Waals surface area contributed by atoms with E-state index < -0.39 is 5.97 Å². The van der Waals surface area contributed by atoms with Gasteiger partial charge in [0.25, 0.3) is 0 Å². The van der Waals surface area contributed by atoms with Crippen molar-refractivity contribution in [2.45, 2.75) is 19.3 Å². The second-order valence-corrected chi connectivity index (χ2v) is 5.82. The van der Waals surface area contributed by atoms with Gasteiger partial charge in [0.05, 0.1) is 18.9 Å². The Hall–Kier alpha value is -3.49. The SMILES string of the molecule is COc1ccc(-c2nc3c4cnnc-4nc(CCCC(=O)O)n3[nH]2)cc1. The molecule has 0 bridgehead atoms. The zero-order valence-corrected chi connectivity index (χ0v) is 14.0. The standard InChI is InChI=1S/C17H16N6O3/c1-26-11-7-5-10(6-8-11)15-20-17-12-9-18-21-16(12)19-13(23(17)22-15)3-2-4-14(24)25/h5-9H,2-4H2,1H3,(H,20,22)(H,24,25). The van der Waals surface area contributed by atoms with Crippen molar-refractivity contribution in [3.63, 3.8) is 0 Å². The number of rotatable bonds is 6. The molecule has 2 aliphatic rings. The van der Waals surface area contributed by atoms with Gasteiger partial charge in [0, 0.05) is 18.4 Å². The van der Waals surface area contributed by atoms with Crippen LogP contribution in [-0.4, -0.2) is 48.0 Å². The Bertz CT molecular complexity index is 1040. The van der Waals surface area contributed by atoms with Gasteiger partial charge in [-0.3, -0.25) is 9.89 Å². The van der Waals surface area contributed by atoms with E-state index in [0.29, 0.717) is 36.0 Å². The number of H-pyrrole nitrogens is 1. The van der Waals surface area contributed by atoms with Gasteiger partial charge in [-0.25, -0.2) is 14.5 Å². The molecule has 2 aliphatic heterocycles. The highest BCUT2D eigenvalue weighted by Crippen LogP contribution is 2.26. The molecule has 0 saturated carbocycles. The first kappa shape index (κ1) is 16.0. The zero-order valence-electron chi connectivity index (χ0n) is 14.0. The predicted octanol–water partition coefficient (Wildman–Crippen LogP) is 2.04. The van der Waals surface area contributed by atoms with E-state index in [9.17, 15) is 4.79 Å². The number of carboxylic acid groups (broad SMARTS) is 1. The van der Waals surface area contributed by atoms with Gasteiger partial charge in [-0.15, -0.1) is 5.10 Å². The van der Waals surface area contributed by atoms with E-state index in [0.717, 1.165) is 16.9 Å². The van der Waals surface area contributed by atoms with E-state index in [1.165, 1.54) is 0 Å². The maximum absolute atomic E-state index is 10.8. The van der Waals surface area contributed by atoms with Gasteiger partial charge in [0.15, 0.2) is 17.3 Å². The van der Waals surface area contributed by atoms with Crippen molar-refractivity contribution in [3.8, 4) is 28.5 Å². The maximum atomic E-state index is 10.8. The third-order valence-corrected chi connectivity index (χ3v) is 4.12. The monoisotopic (exact) mass is 352 g/mol. The Morgan fingerprint density at radius 1 is 1.27 bits per heavy atom. The van der Waals surface area contributed by atoms with E-state index >= 15 is 0 Å². The van der Waals surface area contributed by atoms with Crippen LogP contribution in [0, 0.1) is 0 Å². The molecular weight excluding hydrogens is 336 g/mol. The summed E-state index contributed by atoms with van der Waals surface area (Å²) >= 11 is 0. The molecule has 0 fully saturated rings. The minimum absolute atomic E-state index is 0.0773. The summed E-state index contributed by atoms with van der Waals surface area (Å²) in [4.78, 5) is 20.0. The number of aliphatic carboxylic acids is 1. The molecule has 0 radical (unpaired) electrons. The van der Waals surface area contributed by atoms with E-state index in [-0.39, 0.29) is 6.42 Å². The van der Waals surface area contributed by atoms with E-state index in [1.807, 2.05) is 24.3 Å². The van der Waals surface area contributed by atoms with Crippen LogP contribution in [0.4, 0.5) is 0 Å². The molecule has 1 aromatic carbocycles. The Balaban J connectivity index is 1.78. The van der Waals surface area contributed by atoms with Gasteiger partial charge in [-0.2, -0.15) is 5.10 Å². The summed E-state index contributed by atoms with van der Waals surface area (Å²) in [5, 5.41) is 20.0. The lowest BCUT2D eigenvalue weighted by atomic mass is 10.2. The summed E-state index contributed by atoms with van der Waals surface area (Å²) in [6.45, 7) is 0. The van der Waals surface area contributed by atoms with Crippen molar-refractivity contribution >= 4 is 11.6 Å². The molecule has 9 heteroatoms. The van der Waals surface area contributed by atoms with Crippen molar-refractivity contribution in [1.82, 2.24) is 29.8 Å². The van der Waals surface area contributed by atoms with Crippen molar-refractivity contribution in [3.05, 3.63) is 36.3 Å². The topological polar surface area (TPSA) is 118 Å². The summed E-state index contributed by atoms with van der Waals surface area (Å²) in [5.41, 5.74) is 2.30. The average molecular weight is 352 g/mol. The predicted molar refractivity (Wildman–Crippen MR) is 92.1 cm³/mol. The third-order valence-electron chi connectivity index (χ3n) is 4.12. The molecule has 0 saturated heterocycles. The number of fused-ring (bicyclic) bond motifs is 3. The molecule has 2 N–H and O–H groups in total. The normalized spacial score (nSPS) is 11.3. The van der Waals surface area contributed by atoms with Crippen LogP contribution in [0.15, 0.2) is 30.5 Å². The van der Waals surface area contributed by atoms with Crippen LogP contribution in [0.2, 0.25) is 0 Å². The first-order chi connectivity index (χ1) is 12.7. The van der Waals surface area contributed by atoms with Gasteiger partial charge in [0.1, 0.15) is 11.6 Å². The quantitative estimate of drug-likeness (QED) is 0.545. The van der Waals surface area contributed by atoms with Gasteiger partial charge in [0.2, 0.25) is 0 Å². The third kappa shape index (κ3) is 2.83. The van der Waals surface area contributed by atoms with Crippen LogP contribution in [-0.2, 0) is 11.2 Å². The smallest absolute Gasteiger partial charge is 0.303 e.